The highest BCUT2D eigenvalue weighted by Gasteiger charge is 2.24. The molecule has 0 fully saturated rings. The van der Waals surface area contributed by atoms with Gasteiger partial charge in [-0.15, -0.1) is 0 Å². The molecule has 0 aliphatic heterocycles. The van der Waals surface area contributed by atoms with E-state index in [1.54, 1.807) is 22.6 Å². The van der Waals surface area contributed by atoms with Gasteiger partial charge in [-0.05, 0) is 45.2 Å². The molecule has 0 unspecified atom stereocenters. The molecule has 0 spiro atoms. The maximum absolute atomic E-state index is 12.6. The molecular weight excluding hydrogens is 477 g/mol. The molecule has 3 nitrogen and oxygen atoms in total. The van der Waals surface area contributed by atoms with E-state index >= 15 is 0 Å². The minimum absolute atomic E-state index is 0.0658. The van der Waals surface area contributed by atoms with E-state index in [-0.39, 0.29) is 12.2 Å². The van der Waals surface area contributed by atoms with Crippen LogP contribution in [0.1, 0.15) is 12.0 Å². The average Bonchev–Trinajstić information content (AvgIpc) is 2.00. The molecule has 0 aliphatic carbocycles. The summed E-state index contributed by atoms with van der Waals surface area (Å²) < 4.78 is 47.1. The second-order valence-corrected chi connectivity index (χ2v) is 7.01. The van der Waals surface area contributed by atoms with Crippen molar-refractivity contribution in [2.75, 3.05) is 0 Å². The number of aromatic nitrogens is 1. The monoisotopic (exact) mass is 479 g/mol. The zero-order chi connectivity index (χ0) is 11.8. The Morgan fingerprint density at radius 1 is 1.40 bits per heavy atom. The molecule has 1 aromatic rings. The maximum atomic E-state index is 12.6. The third-order valence-electron chi connectivity index (χ3n) is 1.45. The van der Waals surface area contributed by atoms with Gasteiger partial charge in [-0.25, -0.2) is 22.2 Å². The number of nitrogens with zero attached hydrogens (tertiary/aromatic N) is 1. The molecule has 0 amide bonds. The van der Waals surface area contributed by atoms with Crippen LogP contribution in [0.5, 0.6) is 0 Å². The molecule has 84 valence electrons. The highest BCUT2D eigenvalue weighted by Crippen LogP contribution is 2.32. The molecule has 0 saturated heterocycles. The van der Waals surface area contributed by atoms with Crippen LogP contribution in [-0.4, -0.2) is 13.4 Å². The SMILES string of the molecule is O=S(=O)(Cl)c1cnc(I)c(C(F)F)c1I. The highest BCUT2D eigenvalue weighted by molar-refractivity contribution is 14.1. The first kappa shape index (κ1) is 13.8. The molecule has 0 radical (unpaired) electrons. The lowest BCUT2D eigenvalue weighted by Crippen LogP contribution is -2.04. The summed E-state index contributed by atoms with van der Waals surface area (Å²) in [6, 6.07) is 0. The van der Waals surface area contributed by atoms with Gasteiger partial charge in [0.1, 0.15) is 8.60 Å². The van der Waals surface area contributed by atoms with Crippen molar-refractivity contribution in [3.63, 3.8) is 0 Å². The molecule has 1 aromatic heterocycles. The fraction of sp³-hybridized carbons (Fsp3) is 0.167. The zero-order valence-electron chi connectivity index (χ0n) is 6.72. The van der Waals surface area contributed by atoms with Crippen molar-refractivity contribution in [3.8, 4) is 0 Å². The quantitative estimate of drug-likeness (QED) is 0.372. The normalized spacial score (nSPS) is 12.1. The Labute approximate surface area is 116 Å². The van der Waals surface area contributed by atoms with Gasteiger partial charge in [0, 0.05) is 20.4 Å². The molecule has 1 heterocycles. The average molecular weight is 479 g/mol. The number of alkyl halides is 2. The van der Waals surface area contributed by atoms with Crippen LogP contribution in [-0.2, 0) is 9.05 Å². The Hall–Kier alpha value is 0.710. The predicted octanol–water partition coefficient (Wildman–Crippen LogP) is 3.16. The molecule has 0 saturated carbocycles. The fourth-order valence-corrected chi connectivity index (χ4v) is 4.72. The summed E-state index contributed by atoms with van der Waals surface area (Å²) in [5.41, 5.74) is -0.405. The van der Waals surface area contributed by atoms with E-state index in [9.17, 15) is 17.2 Å². The summed E-state index contributed by atoms with van der Waals surface area (Å²) in [7, 11) is 1.03. The summed E-state index contributed by atoms with van der Waals surface area (Å²) in [4.78, 5) is 3.18. The molecule has 1 rings (SSSR count). The van der Waals surface area contributed by atoms with Crippen LogP contribution in [0.4, 0.5) is 8.78 Å². The number of pyridine rings is 1. The Morgan fingerprint density at radius 2 is 1.93 bits per heavy atom. The van der Waals surface area contributed by atoms with Crippen molar-refractivity contribution < 1.29 is 17.2 Å². The summed E-state index contributed by atoms with van der Waals surface area (Å²) in [5.74, 6) is 0. The van der Waals surface area contributed by atoms with Gasteiger partial charge in [0.25, 0.3) is 15.5 Å². The van der Waals surface area contributed by atoms with Crippen LogP contribution in [0.3, 0.4) is 0 Å². The highest BCUT2D eigenvalue weighted by atomic mass is 127. The van der Waals surface area contributed by atoms with Gasteiger partial charge in [0.05, 0.1) is 5.56 Å². The Bertz CT molecular complexity index is 494. The van der Waals surface area contributed by atoms with Crippen molar-refractivity contribution in [1.82, 2.24) is 4.98 Å². The van der Waals surface area contributed by atoms with E-state index in [1.807, 2.05) is 0 Å². The first-order chi connectivity index (χ1) is 6.75. The Morgan fingerprint density at radius 3 is 2.33 bits per heavy atom. The molecule has 0 aliphatic rings. The summed E-state index contributed by atoms with van der Waals surface area (Å²) in [5, 5.41) is 0. The summed E-state index contributed by atoms with van der Waals surface area (Å²) in [6.45, 7) is 0. The molecule has 0 aromatic carbocycles. The summed E-state index contributed by atoms with van der Waals surface area (Å²) >= 11 is 3.13. The first-order valence-corrected chi connectivity index (χ1v) is 7.78. The van der Waals surface area contributed by atoms with E-state index in [4.69, 9.17) is 10.7 Å². The second-order valence-electron chi connectivity index (χ2n) is 2.38. The lowest BCUT2D eigenvalue weighted by molar-refractivity contribution is 0.148. The molecule has 0 atom stereocenters. The van der Waals surface area contributed by atoms with Crippen molar-refractivity contribution in [2.45, 2.75) is 11.3 Å². The van der Waals surface area contributed by atoms with Gasteiger partial charge in [0.15, 0.2) is 0 Å². The van der Waals surface area contributed by atoms with Crippen molar-refractivity contribution >= 4 is 64.9 Å². The molecule has 15 heavy (non-hydrogen) atoms. The standard InChI is InChI=1S/C6H2ClF2I2NO2S/c7-15(13,14)2-1-12-6(11)3(4(2)10)5(8)9/h1,5H. The van der Waals surface area contributed by atoms with Crippen LogP contribution in [0.15, 0.2) is 11.1 Å². The largest absolute Gasteiger partial charge is 0.267 e. The molecule has 9 heteroatoms. The number of hydrogen-bond donors (Lipinski definition) is 0. The fourth-order valence-electron chi connectivity index (χ4n) is 0.821. The Kier molecular flexibility index (Phi) is 4.52. The third-order valence-corrected chi connectivity index (χ3v) is 5.17. The van der Waals surface area contributed by atoms with Gasteiger partial charge in [-0.3, -0.25) is 0 Å². The number of hydrogen-bond acceptors (Lipinski definition) is 3. The van der Waals surface area contributed by atoms with Gasteiger partial charge in [-0.2, -0.15) is 0 Å². The second kappa shape index (κ2) is 4.92. The minimum Gasteiger partial charge on any atom is -0.248 e. The van der Waals surface area contributed by atoms with E-state index in [2.05, 4.69) is 4.98 Å². The van der Waals surface area contributed by atoms with Gasteiger partial charge in [0.2, 0.25) is 0 Å². The topological polar surface area (TPSA) is 47.0 Å². The third kappa shape index (κ3) is 3.09. The van der Waals surface area contributed by atoms with Crippen LogP contribution in [0, 0.1) is 7.27 Å². The predicted molar refractivity (Wildman–Crippen MR) is 67.7 cm³/mol. The van der Waals surface area contributed by atoms with Crippen LogP contribution >= 0.6 is 55.9 Å². The van der Waals surface area contributed by atoms with Crippen LogP contribution in [0.25, 0.3) is 0 Å². The molecule has 0 N–H and O–H groups in total. The van der Waals surface area contributed by atoms with Gasteiger partial charge >= 0.3 is 0 Å². The number of rotatable bonds is 2. The van der Waals surface area contributed by atoms with E-state index < -0.39 is 21.0 Å². The number of halogens is 5. The van der Waals surface area contributed by atoms with Gasteiger partial charge in [-0.1, -0.05) is 0 Å². The lowest BCUT2D eigenvalue weighted by Gasteiger charge is -2.08. The van der Waals surface area contributed by atoms with Crippen LogP contribution < -0.4 is 0 Å². The molecular formula is C6H2ClF2I2NO2S. The minimum atomic E-state index is -4.04. The van der Waals surface area contributed by atoms with Crippen molar-refractivity contribution in [2.24, 2.45) is 0 Å². The lowest BCUT2D eigenvalue weighted by atomic mass is 10.3. The maximum Gasteiger partial charge on any atom is 0.267 e. The first-order valence-electron chi connectivity index (χ1n) is 3.32. The summed E-state index contributed by atoms with van der Waals surface area (Å²) in [6.07, 6.45) is -1.81. The Balaban J connectivity index is 3.56. The van der Waals surface area contributed by atoms with E-state index in [0.29, 0.717) is 0 Å². The van der Waals surface area contributed by atoms with Crippen molar-refractivity contribution in [3.05, 3.63) is 19.0 Å². The van der Waals surface area contributed by atoms with Crippen LogP contribution in [0.2, 0.25) is 0 Å². The van der Waals surface area contributed by atoms with E-state index in [0.717, 1.165) is 6.20 Å². The molecule has 0 bridgehead atoms. The zero-order valence-corrected chi connectivity index (χ0v) is 12.6. The van der Waals surface area contributed by atoms with Gasteiger partial charge < -0.3 is 0 Å². The van der Waals surface area contributed by atoms with E-state index in [1.165, 1.54) is 22.6 Å². The smallest absolute Gasteiger partial charge is 0.248 e. The van der Waals surface area contributed by atoms with Crippen molar-refractivity contribution in [1.29, 1.82) is 0 Å².